The average molecular weight is 395 g/mol. The number of nitrogens with zero attached hydrogens (tertiary/aromatic N) is 2. The Bertz CT molecular complexity index is 784. The number of rotatable bonds is 7. The minimum absolute atomic E-state index is 0.147. The van der Waals surface area contributed by atoms with Gasteiger partial charge in [0.05, 0.1) is 6.61 Å². The number of benzene rings is 1. The number of likely N-dealkylation sites (tertiary alicyclic amines) is 1. The van der Waals surface area contributed by atoms with E-state index in [1.54, 1.807) is 6.20 Å². The van der Waals surface area contributed by atoms with Crippen molar-refractivity contribution in [3.63, 3.8) is 0 Å². The number of amides is 1. The molecule has 29 heavy (non-hydrogen) atoms. The highest BCUT2D eigenvalue weighted by atomic mass is 16.5. The van der Waals surface area contributed by atoms with Gasteiger partial charge in [0.15, 0.2) is 0 Å². The summed E-state index contributed by atoms with van der Waals surface area (Å²) in [5.41, 5.74) is 2.49. The third kappa shape index (κ3) is 5.78. The van der Waals surface area contributed by atoms with E-state index in [1.165, 1.54) is 6.42 Å². The third-order valence-corrected chi connectivity index (χ3v) is 5.79. The Hall–Kier alpha value is -2.44. The number of hydrogen-bond donors (Lipinski definition) is 2. The van der Waals surface area contributed by atoms with Crippen molar-refractivity contribution >= 4 is 11.6 Å². The zero-order valence-corrected chi connectivity index (χ0v) is 16.8. The second kappa shape index (κ2) is 9.85. The predicted octanol–water partition coefficient (Wildman–Crippen LogP) is 2.92. The minimum Gasteiger partial charge on any atom is -0.382 e. The Morgan fingerprint density at radius 1 is 1.14 bits per heavy atom. The van der Waals surface area contributed by atoms with Gasteiger partial charge >= 0.3 is 0 Å². The Morgan fingerprint density at radius 2 is 1.97 bits per heavy atom. The third-order valence-electron chi connectivity index (χ3n) is 5.79. The lowest BCUT2D eigenvalue weighted by Crippen LogP contribution is -2.41. The summed E-state index contributed by atoms with van der Waals surface area (Å²) in [6.07, 6.45) is 5.14. The molecule has 1 unspecified atom stereocenters. The van der Waals surface area contributed by atoms with Crippen LogP contribution in [0.15, 0.2) is 48.7 Å². The van der Waals surface area contributed by atoms with Gasteiger partial charge in [-0.05, 0) is 42.9 Å². The number of ether oxygens (including phenoxy) is 1. The number of piperidine rings is 1. The van der Waals surface area contributed by atoms with Gasteiger partial charge < -0.3 is 20.3 Å². The van der Waals surface area contributed by atoms with Crippen LogP contribution in [0, 0.1) is 5.92 Å². The molecule has 2 aromatic rings. The lowest BCUT2D eigenvalue weighted by molar-refractivity contribution is 0.0946. The highest BCUT2D eigenvalue weighted by Crippen LogP contribution is 2.20. The van der Waals surface area contributed by atoms with Crippen LogP contribution in [0.4, 0.5) is 5.69 Å². The van der Waals surface area contributed by atoms with Crippen LogP contribution in [-0.4, -0.2) is 54.7 Å². The molecule has 0 aliphatic carbocycles. The molecule has 2 aliphatic heterocycles. The first-order chi connectivity index (χ1) is 14.3. The van der Waals surface area contributed by atoms with Crippen molar-refractivity contribution < 1.29 is 9.53 Å². The van der Waals surface area contributed by atoms with Crippen molar-refractivity contribution in [1.82, 2.24) is 15.2 Å². The summed E-state index contributed by atoms with van der Waals surface area (Å²) in [6, 6.07) is 14.1. The van der Waals surface area contributed by atoms with E-state index in [0.29, 0.717) is 24.2 Å². The molecule has 0 bridgehead atoms. The molecule has 1 aromatic carbocycles. The van der Waals surface area contributed by atoms with Crippen molar-refractivity contribution in [2.45, 2.75) is 31.8 Å². The Kier molecular flexibility index (Phi) is 6.75. The van der Waals surface area contributed by atoms with Crippen molar-refractivity contribution in [2.24, 2.45) is 5.92 Å². The highest BCUT2D eigenvalue weighted by Gasteiger charge is 2.24. The molecular weight excluding hydrogens is 364 g/mol. The van der Waals surface area contributed by atoms with Gasteiger partial charge in [0.25, 0.3) is 5.91 Å². The lowest BCUT2D eigenvalue weighted by atomic mass is 10.0. The van der Waals surface area contributed by atoms with Gasteiger partial charge in [0.2, 0.25) is 0 Å². The van der Waals surface area contributed by atoms with Crippen molar-refractivity contribution in [3.8, 4) is 0 Å². The summed E-state index contributed by atoms with van der Waals surface area (Å²) in [7, 11) is 0. The molecule has 0 spiro atoms. The molecule has 1 aromatic heterocycles. The van der Waals surface area contributed by atoms with Gasteiger partial charge in [-0.1, -0.05) is 30.3 Å². The zero-order valence-electron chi connectivity index (χ0n) is 16.8. The van der Waals surface area contributed by atoms with Gasteiger partial charge in [0, 0.05) is 50.7 Å². The van der Waals surface area contributed by atoms with E-state index in [1.807, 2.05) is 42.5 Å². The number of hydrogen-bond acceptors (Lipinski definition) is 5. The van der Waals surface area contributed by atoms with Crippen molar-refractivity contribution in [2.75, 3.05) is 38.2 Å². The van der Waals surface area contributed by atoms with Crippen molar-refractivity contribution in [3.05, 3.63) is 59.9 Å². The molecule has 0 saturated carbocycles. The molecule has 1 amide bonds. The first-order valence-electron chi connectivity index (χ1n) is 10.6. The Labute approximate surface area is 172 Å². The highest BCUT2D eigenvalue weighted by molar-refractivity contribution is 5.93. The molecule has 6 nitrogen and oxygen atoms in total. The second-order valence-electron chi connectivity index (χ2n) is 8.05. The minimum atomic E-state index is -0.147. The van der Waals surface area contributed by atoms with Gasteiger partial charge in [-0.3, -0.25) is 9.78 Å². The maximum absolute atomic E-state index is 12.5. The van der Waals surface area contributed by atoms with Crippen LogP contribution in [0.3, 0.4) is 0 Å². The molecule has 1 atom stereocenters. The molecule has 2 saturated heterocycles. The van der Waals surface area contributed by atoms with E-state index in [4.69, 9.17) is 4.74 Å². The van der Waals surface area contributed by atoms with Crippen LogP contribution >= 0.6 is 0 Å². The number of carbonyl (C=O) groups excluding carboxylic acids is 1. The van der Waals surface area contributed by atoms with E-state index in [9.17, 15) is 4.79 Å². The maximum Gasteiger partial charge on any atom is 0.270 e. The van der Waals surface area contributed by atoms with Gasteiger partial charge in [-0.25, -0.2) is 0 Å². The fraction of sp³-hybridized carbons (Fsp3) is 0.478. The first kappa shape index (κ1) is 19.9. The fourth-order valence-corrected chi connectivity index (χ4v) is 4.10. The van der Waals surface area contributed by atoms with E-state index in [2.05, 4.69) is 20.5 Å². The standard InChI is InChI=1S/C23H30N4O2/c28-23(25-15-18-4-2-1-3-5-18)22-14-21(6-10-24-22)26-20-7-11-27(12-8-20)16-19-9-13-29-17-19/h1-6,10,14,19-20H,7-9,11-13,15-17H2,(H,24,26)(H,25,28). The summed E-state index contributed by atoms with van der Waals surface area (Å²) in [5, 5.41) is 6.53. The molecule has 3 heterocycles. The van der Waals surface area contributed by atoms with Crippen LogP contribution < -0.4 is 10.6 Å². The number of pyridine rings is 1. The predicted molar refractivity (Wildman–Crippen MR) is 114 cm³/mol. The monoisotopic (exact) mass is 394 g/mol. The SMILES string of the molecule is O=C(NCc1ccccc1)c1cc(NC2CCN(CC3CCOC3)CC2)ccn1. The average Bonchev–Trinajstić information content (AvgIpc) is 3.27. The van der Waals surface area contributed by atoms with Crippen LogP contribution in [0.1, 0.15) is 35.3 Å². The molecule has 2 fully saturated rings. The van der Waals surface area contributed by atoms with Gasteiger partial charge in [-0.15, -0.1) is 0 Å². The smallest absolute Gasteiger partial charge is 0.270 e. The first-order valence-corrected chi connectivity index (χ1v) is 10.6. The number of aromatic nitrogens is 1. The van der Waals surface area contributed by atoms with E-state index >= 15 is 0 Å². The van der Waals surface area contributed by atoms with E-state index in [0.717, 1.165) is 56.9 Å². The molecule has 0 radical (unpaired) electrons. The van der Waals surface area contributed by atoms with Crippen LogP contribution in [0.25, 0.3) is 0 Å². The normalized spacial score (nSPS) is 20.5. The number of nitrogens with one attached hydrogen (secondary N) is 2. The maximum atomic E-state index is 12.5. The van der Waals surface area contributed by atoms with Gasteiger partial charge in [-0.2, -0.15) is 0 Å². The van der Waals surface area contributed by atoms with Crippen LogP contribution in [0.2, 0.25) is 0 Å². The van der Waals surface area contributed by atoms with E-state index < -0.39 is 0 Å². The van der Waals surface area contributed by atoms with Gasteiger partial charge in [0.1, 0.15) is 5.69 Å². The second-order valence-corrected chi connectivity index (χ2v) is 8.05. The molecule has 154 valence electrons. The summed E-state index contributed by atoms with van der Waals surface area (Å²) >= 11 is 0. The quantitative estimate of drug-likeness (QED) is 0.756. The topological polar surface area (TPSA) is 66.5 Å². The molecule has 4 rings (SSSR count). The van der Waals surface area contributed by atoms with E-state index in [-0.39, 0.29) is 5.91 Å². The summed E-state index contributed by atoms with van der Waals surface area (Å²) in [6.45, 7) is 5.74. The van der Waals surface area contributed by atoms with Crippen LogP contribution in [0.5, 0.6) is 0 Å². The Morgan fingerprint density at radius 3 is 2.72 bits per heavy atom. The largest absolute Gasteiger partial charge is 0.382 e. The zero-order chi connectivity index (χ0) is 19.9. The summed E-state index contributed by atoms with van der Waals surface area (Å²) < 4.78 is 5.49. The molecule has 2 N–H and O–H groups in total. The lowest BCUT2D eigenvalue weighted by Gasteiger charge is -2.34. The summed E-state index contributed by atoms with van der Waals surface area (Å²) in [4.78, 5) is 19.3. The number of carbonyl (C=O) groups is 1. The molecular formula is C23H30N4O2. The Balaban J connectivity index is 1.25. The fourth-order valence-electron chi connectivity index (χ4n) is 4.10. The molecule has 2 aliphatic rings. The number of anilines is 1. The van der Waals surface area contributed by atoms with Crippen molar-refractivity contribution in [1.29, 1.82) is 0 Å². The van der Waals surface area contributed by atoms with Crippen LogP contribution in [-0.2, 0) is 11.3 Å². The summed E-state index contributed by atoms with van der Waals surface area (Å²) in [5.74, 6) is 0.558. The molecule has 6 heteroatoms.